The highest BCUT2D eigenvalue weighted by Gasteiger charge is 2.09. The van der Waals surface area contributed by atoms with Crippen molar-refractivity contribution < 1.29 is 4.79 Å². The second-order valence-corrected chi connectivity index (χ2v) is 4.33. The van der Waals surface area contributed by atoms with Gasteiger partial charge in [-0.25, -0.2) is 4.98 Å². The molecule has 0 spiro atoms. The van der Waals surface area contributed by atoms with Crippen LogP contribution in [0.15, 0.2) is 55.0 Å². The van der Waals surface area contributed by atoms with Crippen molar-refractivity contribution in [1.29, 1.82) is 0 Å². The van der Waals surface area contributed by atoms with E-state index in [1.54, 1.807) is 24.5 Å². The highest BCUT2D eigenvalue weighted by Crippen LogP contribution is 2.22. The molecule has 3 N–H and O–H groups in total. The minimum Gasteiger partial charge on any atom is -0.397 e. The number of fused-ring (bicyclic) bond motifs is 1. The number of nitrogens with one attached hydrogen (secondary N) is 1. The van der Waals surface area contributed by atoms with Gasteiger partial charge in [0.15, 0.2) is 0 Å². The molecule has 98 valence electrons. The van der Waals surface area contributed by atoms with Crippen LogP contribution in [-0.2, 0) is 0 Å². The minimum absolute atomic E-state index is 0.269. The fraction of sp³-hybridized carbons (Fsp3) is 0. The number of rotatable bonds is 2. The number of hydrogen-bond acceptors (Lipinski definition) is 4. The molecule has 0 fully saturated rings. The van der Waals surface area contributed by atoms with Crippen LogP contribution in [0.4, 0.5) is 11.4 Å². The number of carbonyl (C=O) groups is 1. The number of benzene rings is 1. The molecule has 0 bridgehead atoms. The zero-order chi connectivity index (χ0) is 13.9. The first-order valence-electron chi connectivity index (χ1n) is 6.10. The Kier molecular flexibility index (Phi) is 3.01. The van der Waals surface area contributed by atoms with Crippen molar-refractivity contribution in [3.8, 4) is 0 Å². The van der Waals surface area contributed by atoms with Crippen LogP contribution in [-0.4, -0.2) is 15.9 Å². The average molecular weight is 264 g/mol. The van der Waals surface area contributed by atoms with Crippen LogP contribution in [0.25, 0.3) is 10.8 Å². The van der Waals surface area contributed by atoms with E-state index in [1.165, 1.54) is 6.20 Å². The van der Waals surface area contributed by atoms with Gasteiger partial charge in [0.25, 0.3) is 5.91 Å². The van der Waals surface area contributed by atoms with E-state index in [-0.39, 0.29) is 5.91 Å². The fourth-order valence-electron chi connectivity index (χ4n) is 1.96. The van der Waals surface area contributed by atoms with E-state index in [2.05, 4.69) is 15.3 Å². The number of pyridine rings is 2. The van der Waals surface area contributed by atoms with Crippen LogP contribution in [0.2, 0.25) is 0 Å². The van der Waals surface area contributed by atoms with Gasteiger partial charge in [0.1, 0.15) is 5.69 Å². The third-order valence-corrected chi connectivity index (χ3v) is 2.95. The number of nitrogen functional groups attached to an aromatic ring is 1. The monoisotopic (exact) mass is 264 g/mol. The molecule has 0 atom stereocenters. The predicted octanol–water partition coefficient (Wildman–Crippen LogP) is 2.46. The summed E-state index contributed by atoms with van der Waals surface area (Å²) in [5, 5.41) is 4.76. The van der Waals surface area contributed by atoms with Crippen molar-refractivity contribution in [3.05, 3.63) is 60.7 Å². The van der Waals surface area contributed by atoms with Gasteiger partial charge in [-0.05, 0) is 24.3 Å². The number of hydrogen-bond donors (Lipinski definition) is 2. The molecule has 0 unspecified atom stereocenters. The Hall–Kier alpha value is -2.95. The highest BCUT2D eigenvalue weighted by atomic mass is 16.1. The largest absolute Gasteiger partial charge is 0.397 e. The summed E-state index contributed by atoms with van der Waals surface area (Å²) in [4.78, 5) is 20.2. The smallest absolute Gasteiger partial charge is 0.274 e. The lowest BCUT2D eigenvalue weighted by Gasteiger charge is -2.08. The summed E-state index contributed by atoms with van der Waals surface area (Å²) in [6.45, 7) is 0. The molecule has 0 aliphatic heterocycles. The first-order chi connectivity index (χ1) is 9.74. The van der Waals surface area contributed by atoms with Crippen LogP contribution in [0.5, 0.6) is 0 Å². The number of nitrogens with two attached hydrogens (primary N) is 1. The molecule has 2 aromatic heterocycles. The zero-order valence-electron chi connectivity index (χ0n) is 10.6. The number of amides is 1. The summed E-state index contributed by atoms with van der Waals surface area (Å²) in [5.74, 6) is -0.269. The van der Waals surface area contributed by atoms with Gasteiger partial charge in [0, 0.05) is 28.9 Å². The molecule has 1 aromatic carbocycles. The minimum atomic E-state index is -0.269. The van der Waals surface area contributed by atoms with Crippen LogP contribution in [0.1, 0.15) is 10.5 Å². The molecule has 0 aliphatic carbocycles. The second-order valence-electron chi connectivity index (χ2n) is 4.33. The van der Waals surface area contributed by atoms with E-state index >= 15 is 0 Å². The Morgan fingerprint density at radius 3 is 2.80 bits per heavy atom. The van der Waals surface area contributed by atoms with Crippen molar-refractivity contribution in [2.75, 3.05) is 11.1 Å². The van der Waals surface area contributed by atoms with Gasteiger partial charge in [-0.1, -0.05) is 12.1 Å². The van der Waals surface area contributed by atoms with Crippen molar-refractivity contribution in [2.24, 2.45) is 0 Å². The molecular formula is C15H12N4O. The van der Waals surface area contributed by atoms with Crippen LogP contribution in [0, 0.1) is 0 Å². The Labute approximate surface area is 115 Å². The summed E-state index contributed by atoms with van der Waals surface area (Å²) >= 11 is 0. The maximum atomic E-state index is 12.1. The van der Waals surface area contributed by atoms with Gasteiger partial charge in [-0.2, -0.15) is 0 Å². The van der Waals surface area contributed by atoms with E-state index in [1.807, 2.05) is 24.3 Å². The molecule has 3 aromatic rings. The summed E-state index contributed by atoms with van der Waals surface area (Å²) < 4.78 is 0. The van der Waals surface area contributed by atoms with Crippen molar-refractivity contribution in [2.45, 2.75) is 0 Å². The molecule has 5 nitrogen and oxygen atoms in total. The maximum Gasteiger partial charge on any atom is 0.274 e. The Morgan fingerprint density at radius 2 is 2.00 bits per heavy atom. The molecule has 0 aliphatic rings. The van der Waals surface area contributed by atoms with E-state index in [4.69, 9.17) is 5.73 Å². The van der Waals surface area contributed by atoms with Gasteiger partial charge >= 0.3 is 0 Å². The molecule has 2 heterocycles. The Morgan fingerprint density at radius 1 is 1.10 bits per heavy atom. The molecule has 3 rings (SSSR count). The summed E-state index contributed by atoms with van der Waals surface area (Å²) in [5.41, 5.74) is 7.13. The molecular weight excluding hydrogens is 252 g/mol. The molecule has 0 radical (unpaired) electrons. The topological polar surface area (TPSA) is 80.9 Å². The Bertz CT molecular complexity index is 763. The van der Waals surface area contributed by atoms with Crippen LogP contribution in [0.3, 0.4) is 0 Å². The number of anilines is 2. The second kappa shape index (κ2) is 4.97. The SMILES string of the molecule is Nc1ccc(C(=O)Nc2cccc3cnccc23)nc1. The third-order valence-electron chi connectivity index (χ3n) is 2.95. The Balaban J connectivity index is 1.93. The van der Waals surface area contributed by atoms with Crippen LogP contribution < -0.4 is 11.1 Å². The van der Waals surface area contributed by atoms with Crippen molar-refractivity contribution in [3.63, 3.8) is 0 Å². The molecule has 0 saturated heterocycles. The molecule has 20 heavy (non-hydrogen) atoms. The summed E-state index contributed by atoms with van der Waals surface area (Å²) in [6, 6.07) is 10.8. The van der Waals surface area contributed by atoms with E-state index in [0.717, 1.165) is 16.5 Å². The fourth-order valence-corrected chi connectivity index (χ4v) is 1.96. The van der Waals surface area contributed by atoms with Gasteiger partial charge in [0.05, 0.1) is 11.9 Å². The lowest BCUT2D eigenvalue weighted by molar-refractivity contribution is 0.102. The number of aromatic nitrogens is 2. The van der Waals surface area contributed by atoms with E-state index < -0.39 is 0 Å². The van der Waals surface area contributed by atoms with E-state index in [9.17, 15) is 4.79 Å². The third kappa shape index (κ3) is 2.29. The molecule has 5 heteroatoms. The average Bonchev–Trinajstić information content (AvgIpc) is 2.48. The van der Waals surface area contributed by atoms with Crippen molar-refractivity contribution >= 4 is 28.1 Å². The molecule has 0 saturated carbocycles. The number of nitrogens with zero attached hydrogens (tertiary/aromatic N) is 2. The van der Waals surface area contributed by atoms with Crippen molar-refractivity contribution in [1.82, 2.24) is 9.97 Å². The summed E-state index contributed by atoms with van der Waals surface area (Å²) in [7, 11) is 0. The lowest BCUT2D eigenvalue weighted by atomic mass is 10.1. The van der Waals surface area contributed by atoms with Gasteiger partial charge in [-0.15, -0.1) is 0 Å². The standard InChI is InChI=1S/C15H12N4O/c16-11-4-5-14(18-9-11)15(20)19-13-3-1-2-10-8-17-7-6-12(10)13/h1-9H,16H2,(H,19,20). The first-order valence-corrected chi connectivity index (χ1v) is 6.10. The first kappa shape index (κ1) is 12.1. The van der Waals surface area contributed by atoms with Gasteiger partial charge in [-0.3, -0.25) is 9.78 Å². The molecule has 1 amide bonds. The maximum absolute atomic E-state index is 12.1. The number of carbonyl (C=O) groups excluding carboxylic acids is 1. The quantitative estimate of drug-likeness (QED) is 0.745. The summed E-state index contributed by atoms with van der Waals surface area (Å²) in [6.07, 6.45) is 4.91. The van der Waals surface area contributed by atoms with Gasteiger partial charge in [0.2, 0.25) is 0 Å². The van der Waals surface area contributed by atoms with Gasteiger partial charge < -0.3 is 11.1 Å². The predicted molar refractivity (Wildman–Crippen MR) is 78.3 cm³/mol. The lowest BCUT2D eigenvalue weighted by Crippen LogP contribution is -2.13. The highest BCUT2D eigenvalue weighted by molar-refractivity contribution is 6.08. The van der Waals surface area contributed by atoms with Crippen LogP contribution >= 0.6 is 0 Å². The normalized spacial score (nSPS) is 10.4. The zero-order valence-corrected chi connectivity index (χ0v) is 10.6. The van der Waals surface area contributed by atoms with E-state index in [0.29, 0.717) is 11.4 Å².